The second-order valence-corrected chi connectivity index (χ2v) is 10.9. The standard InChI is InChI=1S/C31H40F2O2/c1-3-4-22(2)24-9-11-26(12-10-24)27-13-17-29(18-14-27)31(32,33)35-30-19-15-28(16-20-30)25-7-5-23(21-34)6-8-25/h13-26H,3-12H2,1-2H3. The molecule has 190 valence electrons. The average molecular weight is 483 g/mol. The van der Waals surface area contributed by atoms with Crippen molar-refractivity contribution in [2.24, 2.45) is 17.8 Å². The van der Waals surface area contributed by atoms with Gasteiger partial charge in [-0.05, 0) is 110 Å². The largest absolute Gasteiger partial charge is 0.429 e. The molecule has 2 aliphatic rings. The SMILES string of the molecule is CCCC(C)C1CCC(c2ccc(C(F)(F)Oc3ccc(C4CCC(C=O)CC4)cc3)cc2)CC1. The maximum absolute atomic E-state index is 14.9. The van der Waals surface area contributed by atoms with Gasteiger partial charge < -0.3 is 9.53 Å². The van der Waals surface area contributed by atoms with Crippen molar-refractivity contribution in [2.45, 2.75) is 96.0 Å². The summed E-state index contributed by atoms with van der Waals surface area (Å²) in [5.74, 6) is 2.79. The molecule has 2 fully saturated rings. The van der Waals surface area contributed by atoms with Crippen molar-refractivity contribution in [1.82, 2.24) is 0 Å². The fourth-order valence-electron chi connectivity index (χ4n) is 6.27. The Balaban J connectivity index is 1.32. The predicted octanol–water partition coefficient (Wildman–Crippen LogP) is 9.00. The fraction of sp³-hybridized carbons (Fsp3) is 0.581. The van der Waals surface area contributed by atoms with Crippen LogP contribution < -0.4 is 4.74 Å². The molecule has 0 aliphatic heterocycles. The maximum atomic E-state index is 14.9. The molecule has 2 saturated carbocycles. The third-order valence-electron chi connectivity index (χ3n) is 8.60. The van der Waals surface area contributed by atoms with E-state index in [1.54, 1.807) is 12.1 Å². The zero-order chi connectivity index (χ0) is 24.8. The highest BCUT2D eigenvalue weighted by molar-refractivity contribution is 5.53. The normalized spacial score (nSPS) is 26.2. The predicted molar refractivity (Wildman–Crippen MR) is 137 cm³/mol. The summed E-state index contributed by atoms with van der Waals surface area (Å²) >= 11 is 0. The minimum atomic E-state index is -3.38. The van der Waals surface area contributed by atoms with Gasteiger partial charge in [0.15, 0.2) is 0 Å². The van der Waals surface area contributed by atoms with E-state index < -0.39 is 6.11 Å². The van der Waals surface area contributed by atoms with Crippen LogP contribution in [-0.4, -0.2) is 6.29 Å². The van der Waals surface area contributed by atoms with E-state index in [-0.39, 0.29) is 17.2 Å². The van der Waals surface area contributed by atoms with Gasteiger partial charge in [-0.3, -0.25) is 0 Å². The van der Waals surface area contributed by atoms with Crippen LogP contribution in [0, 0.1) is 17.8 Å². The highest BCUT2D eigenvalue weighted by Crippen LogP contribution is 2.41. The van der Waals surface area contributed by atoms with Crippen molar-refractivity contribution in [3.05, 3.63) is 65.2 Å². The van der Waals surface area contributed by atoms with E-state index in [1.165, 1.54) is 43.4 Å². The second-order valence-electron chi connectivity index (χ2n) is 10.9. The Morgan fingerprint density at radius 3 is 1.89 bits per heavy atom. The monoisotopic (exact) mass is 482 g/mol. The number of aldehydes is 1. The number of alkyl halides is 2. The quantitative estimate of drug-likeness (QED) is 0.333. The number of halogens is 2. The van der Waals surface area contributed by atoms with Crippen LogP contribution in [0.4, 0.5) is 8.78 Å². The third kappa shape index (κ3) is 6.51. The van der Waals surface area contributed by atoms with Crippen LogP contribution in [0.25, 0.3) is 0 Å². The first-order valence-corrected chi connectivity index (χ1v) is 13.6. The van der Waals surface area contributed by atoms with E-state index in [2.05, 4.69) is 13.8 Å². The Bertz CT molecular complexity index is 921. The van der Waals surface area contributed by atoms with E-state index in [1.807, 2.05) is 24.3 Å². The number of carbonyl (C=O) groups excluding carboxylic acids is 1. The van der Waals surface area contributed by atoms with Crippen molar-refractivity contribution < 1.29 is 18.3 Å². The molecule has 0 saturated heterocycles. The van der Waals surface area contributed by atoms with Crippen molar-refractivity contribution in [1.29, 1.82) is 0 Å². The van der Waals surface area contributed by atoms with Gasteiger partial charge >= 0.3 is 6.11 Å². The Morgan fingerprint density at radius 1 is 0.857 bits per heavy atom. The lowest BCUT2D eigenvalue weighted by atomic mass is 9.73. The van der Waals surface area contributed by atoms with Crippen molar-refractivity contribution in [3.8, 4) is 5.75 Å². The molecule has 0 amide bonds. The van der Waals surface area contributed by atoms with Gasteiger partial charge in [-0.2, -0.15) is 8.78 Å². The number of rotatable bonds is 9. The lowest BCUT2D eigenvalue weighted by Crippen LogP contribution is -2.22. The first-order chi connectivity index (χ1) is 16.9. The molecule has 0 aromatic heterocycles. The van der Waals surface area contributed by atoms with Crippen molar-refractivity contribution in [3.63, 3.8) is 0 Å². The van der Waals surface area contributed by atoms with Crippen LogP contribution in [0.1, 0.15) is 107 Å². The average Bonchev–Trinajstić information content (AvgIpc) is 2.89. The van der Waals surface area contributed by atoms with Crippen LogP contribution in [0.3, 0.4) is 0 Å². The van der Waals surface area contributed by atoms with Crippen LogP contribution >= 0.6 is 0 Å². The zero-order valence-electron chi connectivity index (χ0n) is 21.2. The van der Waals surface area contributed by atoms with Crippen LogP contribution in [0.2, 0.25) is 0 Å². The first-order valence-electron chi connectivity index (χ1n) is 13.6. The Labute approximate surface area is 209 Å². The fourth-order valence-corrected chi connectivity index (χ4v) is 6.27. The molecule has 35 heavy (non-hydrogen) atoms. The molecule has 1 atom stereocenters. The summed E-state index contributed by atoms with van der Waals surface area (Å²) < 4.78 is 35.0. The van der Waals surface area contributed by atoms with Crippen LogP contribution in [0.15, 0.2) is 48.5 Å². The Hall–Kier alpha value is -2.23. The van der Waals surface area contributed by atoms with Crippen molar-refractivity contribution in [2.75, 3.05) is 0 Å². The number of ether oxygens (including phenoxy) is 1. The minimum Gasteiger partial charge on any atom is -0.429 e. The molecular weight excluding hydrogens is 442 g/mol. The van der Waals surface area contributed by atoms with Gasteiger partial charge in [0.2, 0.25) is 0 Å². The topological polar surface area (TPSA) is 26.3 Å². The molecule has 2 aliphatic carbocycles. The molecule has 0 spiro atoms. The van der Waals surface area contributed by atoms with Gasteiger partial charge in [0.1, 0.15) is 12.0 Å². The molecular formula is C31H40F2O2. The first kappa shape index (κ1) is 25.9. The molecule has 4 rings (SSSR count). The molecule has 2 aromatic carbocycles. The number of hydrogen-bond donors (Lipinski definition) is 0. The summed E-state index contributed by atoms with van der Waals surface area (Å²) in [6, 6.07) is 13.8. The highest BCUT2D eigenvalue weighted by atomic mass is 19.3. The van der Waals surface area contributed by atoms with Gasteiger partial charge in [0, 0.05) is 5.92 Å². The van der Waals surface area contributed by atoms with E-state index in [0.29, 0.717) is 11.8 Å². The molecule has 0 bridgehead atoms. The number of hydrogen-bond acceptors (Lipinski definition) is 2. The Morgan fingerprint density at radius 2 is 1.37 bits per heavy atom. The molecule has 2 aromatic rings. The van der Waals surface area contributed by atoms with E-state index in [4.69, 9.17) is 4.74 Å². The van der Waals surface area contributed by atoms with E-state index >= 15 is 0 Å². The molecule has 1 unspecified atom stereocenters. The zero-order valence-corrected chi connectivity index (χ0v) is 21.2. The number of carbonyl (C=O) groups is 1. The molecule has 0 radical (unpaired) electrons. The molecule has 0 heterocycles. The van der Waals surface area contributed by atoms with E-state index in [9.17, 15) is 13.6 Å². The van der Waals surface area contributed by atoms with Gasteiger partial charge in [0.25, 0.3) is 0 Å². The van der Waals surface area contributed by atoms with Crippen molar-refractivity contribution >= 4 is 6.29 Å². The summed E-state index contributed by atoms with van der Waals surface area (Å²) in [6.07, 6.45) is 8.72. The van der Waals surface area contributed by atoms with Crippen LogP contribution in [-0.2, 0) is 10.9 Å². The van der Waals surface area contributed by atoms with Crippen LogP contribution in [0.5, 0.6) is 5.75 Å². The van der Waals surface area contributed by atoms with Gasteiger partial charge in [-0.25, -0.2) is 0 Å². The lowest BCUT2D eigenvalue weighted by Gasteiger charge is -2.32. The number of benzene rings is 2. The highest BCUT2D eigenvalue weighted by Gasteiger charge is 2.35. The smallest absolute Gasteiger partial charge is 0.426 e. The maximum Gasteiger partial charge on any atom is 0.426 e. The summed E-state index contributed by atoms with van der Waals surface area (Å²) in [5, 5.41) is 0. The lowest BCUT2D eigenvalue weighted by molar-refractivity contribution is -0.185. The summed E-state index contributed by atoms with van der Waals surface area (Å²) in [5.41, 5.74) is 2.19. The minimum absolute atomic E-state index is 0.109. The molecule has 2 nitrogen and oxygen atoms in total. The summed E-state index contributed by atoms with van der Waals surface area (Å²) in [6.45, 7) is 4.63. The molecule has 4 heteroatoms. The summed E-state index contributed by atoms with van der Waals surface area (Å²) in [4.78, 5) is 11.0. The van der Waals surface area contributed by atoms with E-state index in [0.717, 1.165) is 62.2 Å². The second kappa shape index (κ2) is 11.7. The Kier molecular flexibility index (Phi) is 8.62. The van der Waals surface area contributed by atoms with Gasteiger partial charge in [0.05, 0.1) is 5.56 Å². The molecule has 0 N–H and O–H groups in total. The van der Waals surface area contributed by atoms with Gasteiger partial charge in [-0.1, -0.05) is 51.0 Å². The summed E-state index contributed by atoms with van der Waals surface area (Å²) in [7, 11) is 0. The van der Waals surface area contributed by atoms with Gasteiger partial charge in [-0.15, -0.1) is 0 Å². The third-order valence-corrected chi connectivity index (χ3v) is 8.60.